The first-order chi connectivity index (χ1) is 32.5. The van der Waals surface area contributed by atoms with E-state index in [0.29, 0.717) is 52.5 Å². The number of hydrogen-bond donors (Lipinski definition) is 3. The second-order valence-corrected chi connectivity index (χ2v) is 15.7. The molecule has 0 radical (unpaired) electrons. The number of aromatic nitrogens is 2. The standard InChI is InChI=1S/C21H22N2O2.C20H23NO3.C5H10O3.12K.Li.H2O.2H/c1-14(19-9-10-20(22-2)23-13-19)18-8-5-16(12-18)11-15-3-6-17(7-4-15)21(24)25;1-14(19-3-2-10-21(24)13-19)18-9-6-16(12-18)11-15-4-7-17(8-5-15)20(22)23;1-6-8-5-3-2-4-7-5;;;;;;;;;;;;;;;;/h3-4,6-7,9-10,13-14,16,18H,5,8,11-12H2,1H3,(H,24,25);2-5,7-8,10,13-14,16,18H,6,9,11-12H2,1H3,(H-,22,23,24);5H,2-4H2,1H3;;;;;;;;;;;;;;1H2;;/q;;;;;;;;;;;;;3*+1;;2*-1/t2*14-,16?,18-;;;;;;;;;;;;;;;;;/m00................./s1. The zero-order valence-corrected chi connectivity index (χ0v) is 84.1. The molecule has 0 spiro atoms. The van der Waals surface area contributed by atoms with E-state index < -0.39 is 11.9 Å². The van der Waals surface area contributed by atoms with Gasteiger partial charge in [-0.2, -0.15) is 0 Å². The number of ether oxygens (including phenoxy) is 1. The summed E-state index contributed by atoms with van der Waals surface area (Å²) >= 11 is 12.5. The van der Waals surface area contributed by atoms with Crippen LogP contribution in [0, 0.1) is 30.2 Å². The van der Waals surface area contributed by atoms with Gasteiger partial charge >= 0.3 is 449 Å². The summed E-state index contributed by atoms with van der Waals surface area (Å²) in [5.74, 6) is 2.16. The minimum Gasteiger partial charge on any atom is -0.870 e. The number of aromatic carboxylic acids is 2. The molecule has 7 rings (SSSR count). The third-order valence-corrected chi connectivity index (χ3v) is 11.9. The van der Waals surface area contributed by atoms with Gasteiger partial charge in [0.2, 0.25) is 12.4 Å². The summed E-state index contributed by atoms with van der Waals surface area (Å²) in [6.45, 7) is 12.3. The molecule has 2 aliphatic carbocycles. The van der Waals surface area contributed by atoms with Crippen LogP contribution in [0.25, 0.3) is 4.85 Å². The Bertz CT molecular complexity index is 1980. The van der Waals surface area contributed by atoms with Gasteiger partial charge in [0, 0.05) is 22.8 Å². The largest absolute Gasteiger partial charge is 1.00 e. The maximum Gasteiger partial charge on any atom is 1.00 e. The van der Waals surface area contributed by atoms with Crippen LogP contribution in [-0.2, 0) is 27.4 Å². The fourth-order valence-corrected chi connectivity index (χ4v) is 8.50. The maximum atomic E-state index is 10.9. The normalized spacial score (nSPS) is 18.4. The number of hydrogen-bond acceptors (Lipinski definition) is 8. The molecule has 3 unspecified atom stereocenters. The van der Waals surface area contributed by atoms with Crippen molar-refractivity contribution in [3.05, 3.63) is 136 Å². The second kappa shape index (κ2) is 63.8. The van der Waals surface area contributed by atoms with Crippen LogP contribution < -0.4 is 126 Å². The van der Waals surface area contributed by atoms with Crippen LogP contribution in [-0.4, -0.2) is 374 Å². The van der Waals surface area contributed by atoms with Gasteiger partial charge in [0.25, 0.3) is 5.82 Å². The molecule has 0 amide bonds. The average molecular weight is 1270 g/mol. The number of nitrogens with zero attached hydrogens (tertiary/aromatic N) is 3. The van der Waals surface area contributed by atoms with E-state index in [-0.39, 0.29) is 136 Å². The van der Waals surface area contributed by atoms with E-state index in [1.165, 1.54) is 384 Å². The minimum atomic E-state index is -0.876. The van der Waals surface area contributed by atoms with Crippen LogP contribution in [0.4, 0.5) is 5.82 Å². The van der Waals surface area contributed by atoms with E-state index in [9.17, 15) is 14.8 Å². The molecule has 1 aliphatic heterocycles. The minimum absolute atomic E-state index is 0. The van der Waals surface area contributed by atoms with Crippen LogP contribution in [0.3, 0.4) is 0 Å². The summed E-state index contributed by atoms with van der Waals surface area (Å²) in [7, 11) is 1.49. The summed E-state index contributed by atoms with van der Waals surface area (Å²) in [5, 5.41) is 27.5. The Labute approximate surface area is 751 Å². The molecule has 4 N–H and O–H groups in total. The molecule has 1 saturated heterocycles. The zero-order chi connectivity index (χ0) is 50.7. The van der Waals surface area contributed by atoms with E-state index in [4.69, 9.17) is 21.5 Å². The molecule has 7 atom stereocenters. The van der Waals surface area contributed by atoms with Crippen molar-refractivity contribution in [1.82, 2.24) is 4.98 Å². The van der Waals surface area contributed by atoms with Crippen molar-refractivity contribution < 1.29 is 174 Å². The maximum absolute atomic E-state index is 10.9. The summed E-state index contributed by atoms with van der Waals surface area (Å²) in [5.41, 5.74) is 5.51. The summed E-state index contributed by atoms with van der Waals surface area (Å²) in [6, 6.07) is 22.3. The number of carboxylic acids is 2. The Balaban J connectivity index is -0.000000170. The molecule has 12 nitrogen and oxygen atoms in total. The third-order valence-electron chi connectivity index (χ3n) is 11.9. The van der Waals surface area contributed by atoms with Gasteiger partial charge in [-0.05, 0) is 146 Å². The van der Waals surface area contributed by atoms with E-state index >= 15 is 0 Å². The van der Waals surface area contributed by atoms with Crippen molar-refractivity contribution >= 4 is 334 Å². The first-order valence-corrected chi connectivity index (χ1v) is 105. The number of carbonyl (C=O) groups is 2. The van der Waals surface area contributed by atoms with Gasteiger partial charge < -0.3 is 28.1 Å². The molecule has 3 fully saturated rings. The van der Waals surface area contributed by atoms with Crippen LogP contribution in [0.5, 0.6) is 0 Å². The summed E-state index contributed by atoms with van der Waals surface area (Å²) < 4.78 is 6.17. The quantitative estimate of drug-likeness (QED) is 0.0327. The average Bonchev–Trinajstić information content (AvgIpc) is 4.19. The fraction of sp³-hybridized carbons (Fsp3) is 0.457. The Morgan fingerprint density at radius 1 is 0.746 bits per heavy atom. The monoisotopic (exact) mass is 1270 g/mol. The second-order valence-electron chi connectivity index (χ2n) is 15.7. The van der Waals surface area contributed by atoms with Gasteiger partial charge in [0.1, 0.15) is 6.20 Å². The Morgan fingerprint density at radius 2 is 1.20 bits per heavy atom. The van der Waals surface area contributed by atoms with Crippen molar-refractivity contribution in [2.24, 2.45) is 23.7 Å². The molecule has 324 valence electrons. The SMILES string of the molecule is COOC1CCCO1.C[C@H](c1ccc[n+](O)c1)[C@H]1CCC(Cc2ccc(C(=O)O)cc2)C1.[C-]#[N+]c1ccc([C@@H](C)[C@H]2CCC(Cc3ccc(C(=O)O)cc3)C2)cn1.[H-].[H-].[K+].[K+].[K][K].[K][K].[K][K].[K][K].[K][K].[Li+].[OH-]. The smallest absolute Gasteiger partial charge is 0.870 e. The van der Waals surface area contributed by atoms with Gasteiger partial charge in [0.15, 0.2) is 6.29 Å². The van der Waals surface area contributed by atoms with Gasteiger partial charge in [-0.15, -0.1) is 4.98 Å². The van der Waals surface area contributed by atoms with Crippen molar-refractivity contribution in [2.45, 2.75) is 96.2 Å². The van der Waals surface area contributed by atoms with E-state index in [1.807, 2.05) is 42.6 Å². The molecule has 2 saturated carbocycles. The Hall–Kier alpha value is 15.0. The molecule has 3 heterocycles. The van der Waals surface area contributed by atoms with Crippen molar-refractivity contribution in [2.75, 3.05) is 13.7 Å². The van der Waals surface area contributed by atoms with E-state index in [1.54, 1.807) is 42.7 Å². The molecule has 71 heavy (non-hydrogen) atoms. The van der Waals surface area contributed by atoms with Crippen molar-refractivity contribution in [1.29, 1.82) is 0 Å². The van der Waals surface area contributed by atoms with Crippen molar-refractivity contribution in [3.8, 4) is 0 Å². The molecule has 2 aromatic heterocycles. The number of benzene rings is 2. The predicted octanol–water partition coefficient (Wildman–Crippen LogP) is -3.28. The first-order valence-electron chi connectivity index (χ1n) is 25.0. The molecular formula is C46H59K12LiN3O9+. The number of rotatable bonds is 12. The van der Waals surface area contributed by atoms with Gasteiger partial charge in [-0.1, -0.05) is 50.8 Å². The first kappa shape index (κ1) is 94.7. The Morgan fingerprint density at radius 3 is 1.55 bits per heavy atom. The van der Waals surface area contributed by atoms with E-state index in [2.05, 4.69) is 39.5 Å². The van der Waals surface area contributed by atoms with Crippen LogP contribution in [0.15, 0.2) is 91.4 Å². The Kier molecular flexibility index (Phi) is 85.1. The van der Waals surface area contributed by atoms with Crippen LogP contribution >= 0.6 is 0 Å². The van der Waals surface area contributed by atoms with Crippen molar-refractivity contribution in [3.63, 3.8) is 0 Å². The zero-order valence-electron chi connectivity index (χ0n) is 48.7. The van der Waals surface area contributed by atoms with Gasteiger partial charge in [-0.3, -0.25) is 5.21 Å². The molecule has 2 aromatic carbocycles. The number of carboxylic acid groups (broad SMARTS) is 2. The predicted molar refractivity (Wildman–Crippen MR) is 276 cm³/mol. The molecule has 3 aliphatic rings. The van der Waals surface area contributed by atoms with Gasteiger partial charge in [0.05, 0.1) is 24.8 Å². The molecular weight excluding hydrogens is 1210 g/mol. The molecule has 0 bridgehead atoms. The van der Waals surface area contributed by atoms with Crippen LogP contribution in [0.1, 0.15) is 123 Å². The number of pyridine rings is 2. The summed E-state index contributed by atoms with van der Waals surface area (Å²) in [6.07, 6.45) is 16.4. The summed E-state index contributed by atoms with van der Waals surface area (Å²) in [4.78, 5) is 38.5. The topological polar surface area (TPSA) is 174 Å². The van der Waals surface area contributed by atoms with E-state index in [0.717, 1.165) is 37.0 Å². The fourth-order valence-electron chi connectivity index (χ4n) is 8.50. The molecule has 25 heteroatoms. The third kappa shape index (κ3) is 42.8. The molecule has 4 aromatic rings. The van der Waals surface area contributed by atoms with Gasteiger partial charge in [-0.25, -0.2) is 19.4 Å². The van der Waals surface area contributed by atoms with Crippen LogP contribution in [0.2, 0.25) is 0 Å².